The predicted octanol–water partition coefficient (Wildman–Crippen LogP) is 3.90. The molecular formula is C20H24O4S. The van der Waals surface area contributed by atoms with Crippen molar-refractivity contribution < 1.29 is 17.9 Å². The molecule has 4 nitrogen and oxygen atoms in total. The third kappa shape index (κ3) is 4.05. The lowest BCUT2D eigenvalue weighted by molar-refractivity contribution is 0.262. The lowest BCUT2D eigenvalue weighted by atomic mass is 9.87. The monoisotopic (exact) mass is 360 g/mol. The van der Waals surface area contributed by atoms with Gasteiger partial charge in [0.1, 0.15) is 18.5 Å². The smallest absolute Gasteiger partial charge is 0.206 e. The quantitative estimate of drug-likeness (QED) is 0.759. The SMILES string of the molecule is Cc1ccc(OCC2CO2)cc1S(=O)(=O)c1cccc(C(C)(C)C)c1. The Morgan fingerprint density at radius 3 is 2.52 bits per heavy atom. The van der Waals surface area contributed by atoms with E-state index in [1.807, 2.05) is 6.07 Å². The molecule has 0 N–H and O–H groups in total. The summed E-state index contributed by atoms with van der Waals surface area (Å²) in [4.78, 5) is 0.596. The van der Waals surface area contributed by atoms with E-state index in [0.717, 1.165) is 5.56 Å². The molecule has 1 aliphatic heterocycles. The van der Waals surface area contributed by atoms with Gasteiger partial charge in [0.25, 0.3) is 0 Å². The fourth-order valence-electron chi connectivity index (χ4n) is 2.57. The number of benzene rings is 2. The van der Waals surface area contributed by atoms with Crippen molar-refractivity contribution in [3.8, 4) is 5.75 Å². The average Bonchev–Trinajstić information content (AvgIpc) is 3.37. The van der Waals surface area contributed by atoms with Crippen LogP contribution in [0, 0.1) is 6.92 Å². The number of sulfone groups is 1. The van der Waals surface area contributed by atoms with Crippen LogP contribution in [0.1, 0.15) is 31.9 Å². The zero-order chi connectivity index (χ0) is 18.2. The predicted molar refractivity (Wildman–Crippen MR) is 97.0 cm³/mol. The maximum Gasteiger partial charge on any atom is 0.206 e. The van der Waals surface area contributed by atoms with Gasteiger partial charge in [-0.3, -0.25) is 0 Å². The highest BCUT2D eigenvalue weighted by molar-refractivity contribution is 7.91. The minimum atomic E-state index is -3.61. The first kappa shape index (κ1) is 18.0. The van der Waals surface area contributed by atoms with Gasteiger partial charge in [-0.1, -0.05) is 39.0 Å². The minimum absolute atomic E-state index is 0.115. The van der Waals surface area contributed by atoms with Crippen LogP contribution in [0.3, 0.4) is 0 Å². The summed E-state index contributed by atoms with van der Waals surface area (Å²) in [6, 6.07) is 12.4. The molecule has 0 amide bonds. The highest BCUT2D eigenvalue weighted by Gasteiger charge is 2.25. The van der Waals surface area contributed by atoms with E-state index in [0.29, 0.717) is 29.4 Å². The van der Waals surface area contributed by atoms with Crippen LogP contribution in [0.15, 0.2) is 52.3 Å². The number of aryl methyl sites for hydroxylation is 1. The third-order valence-electron chi connectivity index (χ3n) is 4.30. The van der Waals surface area contributed by atoms with Gasteiger partial charge in [0.2, 0.25) is 9.84 Å². The molecule has 0 radical (unpaired) electrons. The van der Waals surface area contributed by atoms with Gasteiger partial charge in [0.15, 0.2) is 0 Å². The molecule has 2 aromatic carbocycles. The highest BCUT2D eigenvalue weighted by atomic mass is 32.2. The molecule has 0 saturated carbocycles. The fourth-order valence-corrected chi connectivity index (χ4v) is 4.13. The second-order valence-corrected chi connectivity index (χ2v) is 9.39. The Hall–Kier alpha value is -1.85. The van der Waals surface area contributed by atoms with Gasteiger partial charge in [-0.25, -0.2) is 8.42 Å². The van der Waals surface area contributed by atoms with Crippen LogP contribution in [0.2, 0.25) is 0 Å². The van der Waals surface area contributed by atoms with E-state index in [2.05, 4.69) is 20.8 Å². The molecule has 1 heterocycles. The Labute approximate surface area is 149 Å². The van der Waals surface area contributed by atoms with Gasteiger partial charge >= 0.3 is 0 Å². The maximum atomic E-state index is 13.2. The third-order valence-corrected chi connectivity index (χ3v) is 6.19. The van der Waals surface area contributed by atoms with E-state index < -0.39 is 9.84 Å². The summed E-state index contributed by atoms with van der Waals surface area (Å²) in [5, 5.41) is 0. The zero-order valence-electron chi connectivity index (χ0n) is 15.1. The summed E-state index contributed by atoms with van der Waals surface area (Å²) in [7, 11) is -3.61. The summed E-state index contributed by atoms with van der Waals surface area (Å²) < 4.78 is 37.1. The van der Waals surface area contributed by atoms with Crippen LogP contribution < -0.4 is 4.74 Å². The minimum Gasteiger partial charge on any atom is -0.491 e. The lowest BCUT2D eigenvalue weighted by Crippen LogP contribution is -2.13. The molecule has 1 fully saturated rings. The van der Waals surface area contributed by atoms with E-state index in [9.17, 15) is 8.42 Å². The molecule has 3 rings (SSSR count). The molecule has 0 aliphatic carbocycles. The lowest BCUT2D eigenvalue weighted by Gasteiger charge is -2.20. The fraction of sp³-hybridized carbons (Fsp3) is 0.400. The van der Waals surface area contributed by atoms with Crippen LogP contribution in [0.4, 0.5) is 0 Å². The van der Waals surface area contributed by atoms with Crippen molar-refractivity contribution >= 4 is 9.84 Å². The van der Waals surface area contributed by atoms with Crippen LogP contribution in [0.25, 0.3) is 0 Å². The van der Waals surface area contributed by atoms with Crippen molar-refractivity contribution in [2.75, 3.05) is 13.2 Å². The standard InChI is InChI=1S/C20H24O4S/c1-14-8-9-16(23-12-17-13-24-17)11-19(14)25(21,22)18-7-5-6-15(10-18)20(2,3)4/h5-11,17H,12-13H2,1-4H3. The molecule has 25 heavy (non-hydrogen) atoms. The molecule has 1 unspecified atom stereocenters. The maximum absolute atomic E-state index is 13.2. The molecular weight excluding hydrogens is 336 g/mol. The number of hydrogen-bond donors (Lipinski definition) is 0. The molecule has 2 aromatic rings. The molecule has 1 atom stereocenters. The Bertz CT molecular complexity index is 875. The Morgan fingerprint density at radius 2 is 1.88 bits per heavy atom. The average molecular weight is 360 g/mol. The first-order valence-electron chi connectivity index (χ1n) is 8.38. The topological polar surface area (TPSA) is 55.9 Å². The molecule has 134 valence electrons. The number of rotatable bonds is 5. The van der Waals surface area contributed by atoms with Crippen molar-refractivity contribution in [1.29, 1.82) is 0 Å². The molecule has 1 saturated heterocycles. The van der Waals surface area contributed by atoms with Gasteiger partial charge in [0, 0.05) is 0 Å². The van der Waals surface area contributed by atoms with E-state index in [-0.39, 0.29) is 16.4 Å². The van der Waals surface area contributed by atoms with Gasteiger partial charge in [-0.05, 0) is 47.7 Å². The second kappa shape index (κ2) is 6.46. The molecule has 5 heteroatoms. The van der Waals surface area contributed by atoms with Crippen LogP contribution in [-0.4, -0.2) is 27.7 Å². The van der Waals surface area contributed by atoms with Crippen LogP contribution >= 0.6 is 0 Å². The summed E-state index contributed by atoms with van der Waals surface area (Å²) in [5.41, 5.74) is 1.58. The largest absolute Gasteiger partial charge is 0.491 e. The number of epoxide rings is 1. The van der Waals surface area contributed by atoms with Crippen molar-refractivity contribution in [3.05, 3.63) is 53.6 Å². The number of hydrogen-bond acceptors (Lipinski definition) is 4. The van der Waals surface area contributed by atoms with E-state index in [1.54, 1.807) is 43.3 Å². The van der Waals surface area contributed by atoms with E-state index in [4.69, 9.17) is 9.47 Å². The van der Waals surface area contributed by atoms with Gasteiger partial charge in [-0.2, -0.15) is 0 Å². The Balaban J connectivity index is 1.97. The summed E-state index contributed by atoms with van der Waals surface area (Å²) in [6.07, 6.45) is 0.129. The molecule has 0 bridgehead atoms. The van der Waals surface area contributed by atoms with Crippen LogP contribution in [-0.2, 0) is 20.0 Å². The summed E-state index contributed by atoms with van der Waals surface area (Å²) >= 11 is 0. The van der Waals surface area contributed by atoms with Crippen molar-refractivity contribution in [1.82, 2.24) is 0 Å². The van der Waals surface area contributed by atoms with Gasteiger partial charge in [0.05, 0.1) is 16.4 Å². The molecule has 0 spiro atoms. The first-order valence-corrected chi connectivity index (χ1v) is 9.87. The summed E-state index contributed by atoms with van der Waals surface area (Å²) in [5.74, 6) is 0.548. The number of ether oxygens (including phenoxy) is 2. The van der Waals surface area contributed by atoms with Crippen molar-refractivity contribution in [2.45, 2.75) is 49.0 Å². The van der Waals surface area contributed by atoms with Gasteiger partial charge in [-0.15, -0.1) is 0 Å². The molecule has 1 aliphatic rings. The summed E-state index contributed by atoms with van der Waals surface area (Å²) in [6.45, 7) is 9.15. The highest BCUT2D eigenvalue weighted by Crippen LogP contribution is 2.31. The van der Waals surface area contributed by atoms with E-state index >= 15 is 0 Å². The second-order valence-electron chi connectivity index (χ2n) is 7.47. The Morgan fingerprint density at radius 1 is 1.16 bits per heavy atom. The van der Waals surface area contributed by atoms with Gasteiger partial charge < -0.3 is 9.47 Å². The van der Waals surface area contributed by atoms with E-state index in [1.165, 1.54) is 0 Å². The molecule has 0 aromatic heterocycles. The normalized spacial score (nSPS) is 17.4. The van der Waals surface area contributed by atoms with Crippen LogP contribution in [0.5, 0.6) is 5.75 Å². The zero-order valence-corrected chi connectivity index (χ0v) is 15.9. The van der Waals surface area contributed by atoms with Crippen molar-refractivity contribution in [3.63, 3.8) is 0 Å². The Kier molecular flexibility index (Phi) is 4.64. The first-order chi connectivity index (χ1) is 11.7. The van der Waals surface area contributed by atoms with Crippen molar-refractivity contribution in [2.24, 2.45) is 0 Å².